The first-order valence-corrected chi connectivity index (χ1v) is 4.56. The zero-order valence-electron chi connectivity index (χ0n) is 6.86. The minimum Gasteiger partial charge on any atom is -0.389 e. The van der Waals surface area contributed by atoms with Gasteiger partial charge in [-0.3, -0.25) is 0 Å². The monoisotopic (exact) mass is 185 g/mol. The first kappa shape index (κ1) is 9.35. The van der Waals surface area contributed by atoms with E-state index in [2.05, 4.69) is 4.98 Å². The van der Waals surface area contributed by atoms with Gasteiger partial charge in [-0.05, 0) is 6.92 Å². The van der Waals surface area contributed by atoms with Crippen molar-refractivity contribution in [2.24, 2.45) is 0 Å². The van der Waals surface area contributed by atoms with Gasteiger partial charge < -0.3 is 9.90 Å². The lowest BCUT2D eigenvalue weighted by molar-refractivity contribution is -0.111. The van der Waals surface area contributed by atoms with E-state index in [1.54, 1.807) is 13.1 Å². The fourth-order valence-corrected chi connectivity index (χ4v) is 1.71. The molecule has 0 radical (unpaired) electrons. The molecule has 12 heavy (non-hydrogen) atoms. The number of carbonyl (C=O) groups excluding carboxylic acids is 1. The summed E-state index contributed by atoms with van der Waals surface area (Å²) in [7, 11) is 0. The molecule has 1 unspecified atom stereocenters. The molecule has 0 bridgehead atoms. The Morgan fingerprint density at radius 3 is 3.08 bits per heavy atom. The van der Waals surface area contributed by atoms with Crippen molar-refractivity contribution in [3.63, 3.8) is 0 Å². The molecule has 0 aliphatic heterocycles. The van der Waals surface area contributed by atoms with Gasteiger partial charge in [0.15, 0.2) is 0 Å². The van der Waals surface area contributed by atoms with Crippen molar-refractivity contribution < 1.29 is 9.90 Å². The van der Waals surface area contributed by atoms with Crippen LogP contribution < -0.4 is 0 Å². The number of aliphatic hydroxyl groups is 1. The largest absolute Gasteiger partial charge is 0.389 e. The normalized spacial score (nSPS) is 15.5. The highest BCUT2D eigenvalue weighted by Crippen LogP contribution is 2.16. The highest BCUT2D eigenvalue weighted by Gasteiger charge is 2.21. The molecule has 0 aliphatic rings. The van der Waals surface area contributed by atoms with E-state index in [0.717, 1.165) is 11.3 Å². The molecule has 0 amide bonds. The number of hydrogen-bond donors (Lipinski definition) is 1. The zero-order valence-corrected chi connectivity index (χ0v) is 7.67. The van der Waals surface area contributed by atoms with Gasteiger partial charge in [-0.2, -0.15) is 0 Å². The Hall–Kier alpha value is -0.740. The number of aldehydes is 1. The molecule has 1 N–H and O–H groups in total. The second kappa shape index (κ2) is 3.78. The summed E-state index contributed by atoms with van der Waals surface area (Å²) in [5.74, 6) is 0. The number of carbonyl (C=O) groups is 1. The minimum atomic E-state index is -0.945. The number of rotatable bonds is 4. The molecule has 1 aromatic rings. The third kappa shape index (κ3) is 2.71. The highest BCUT2D eigenvalue weighted by molar-refractivity contribution is 7.09. The van der Waals surface area contributed by atoms with Crippen LogP contribution in [0.3, 0.4) is 0 Å². The molecular formula is C8H11NO2S. The van der Waals surface area contributed by atoms with Crippen molar-refractivity contribution in [1.82, 2.24) is 4.98 Å². The molecule has 3 nitrogen and oxygen atoms in total. The van der Waals surface area contributed by atoms with Crippen molar-refractivity contribution >= 4 is 17.6 Å². The van der Waals surface area contributed by atoms with Crippen LogP contribution in [0.2, 0.25) is 0 Å². The van der Waals surface area contributed by atoms with E-state index in [1.807, 2.05) is 5.38 Å². The molecule has 0 aliphatic carbocycles. The Morgan fingerprint density at radius 1 is 1.83 bits per heavy atom. The van der Waals surface area contributed by atoms with Crippen LogP contribution in [0.1, 0.15) is 18.4 Å². The van der Waals surface area contributed by atoms with Crippen LogP contribution in [0.15, 0.2) is 11.6 Å². The lowest BCUT2D eigenvalue weighted by atomic mass is 10.00. The molecule has 0 saturated carbocycles. The van der Waals surface area contributed by atoms with Gasteiger partial charge in [0.05, 0.1) is 10.6 Å². The first-order chi connectivity index (χ1) is 5.64. The third-order valence-corrected chi connectivity index (χ3v) is 2.32. The van der Waals surface area contributed by atoms with Crippen LogP contribution in [0.5, 0.6) is 0 Å². The predicted octanol–water partition coefficient (Wildman–Crippen LogP) is 1.03. The summed E-state index contributed by atoms with van der Waals surface area (Å²) in [6.45, 7) is 1.64. The first-order valence-electron chi connectivity index (χ1n) is 3.68. The SMILES string of the molecule is CC(O)(CC=O)Cc1nccs1. The number of thiazole rings is 1. The van der Waals surface area contributed by atoms with Crippen LogP contribution in [0.4, 0.5) is 0 Å². The summed E-state index contributed by atoms with van der Waals surface area (Å²) in [5, 5.41) is 12.3. The molecule has 1 atom stereocenters. The van der Waals surface area contributed by atoms with Gasteiger partial charge in [-0.25, -0.2) is 4.98 Å². The van der Waals surface area contributed by atoms with Crippen molar-refractivity contribution in [2.75, 3.05) is 0 Å². The van der Waals surface area contributed by atoms with E-state index >= 15 is 0 Å². The molecule has 0 saturated heterocycles. The van der Waals surface area contributed by atoms with E-state index in [9.17, 15) is 9.90 Å². The Morgan fingerprint density at radius 2 is 2.58 bits per heavy atom. The molecule has 1 aromatic heterocycles. The molecule has 0 fully saturated rings. The second-order valence-corrected chi connectivity index (χ2v) is 3.95. The van der Waals surface area contributed by atoms with Crippen molar-refractivity contribution in [1.29, 1.82) is 0 Å². The van der Waals surface area contributed by atoms with Crippen LogP contribution in [0.25, 0.3) is 0 Å². The topological polar surface area (TPSA) is 50.2 Å². The molecule has 1 rings (SSSR count). The smallest absolute Gasteiger partial charge is 0.122 e. The quantitative estimate of drug-likeness (QED) is 0.713. The van der Waals surface area contributed by atoms with Crippen LogP contribution in [-0.4, -0.2) is 22.0 Å². The van der Waals surface area contributed by atoms with Crippen molar-refractivity contribution in [3.05, 3.63) is 16.6 Å². The van der Waals surface area contributed by atoms with Crippen LogP contribution in [-0.2, 0) is 11.2 Å². The molecule has 66 valence electrons. The van der Waals surface area contributed by atoms with Gasteiger partial charge in [0.1, 0.15) is 6.29 Å². The molecule has 1 heterocycles. The Bertz CT molecular complexity index is 244. The average Bonchev–Trinajstić information content (AvgIpc) is 2.38. The van der Waals surface area contributed by atoms with Gasteiger partial charge in [-0.15, -0.1) is 11.3 Å². The molecule has 4 heteroatoms. The van der Waals surface area contributed by atoms with E-state index in [1.165, 1.54) is 11.3 Å². The molecule has 0 spiro atoms. The van der Waals surface area contributed by atoms with Gasteiger partial charge in [0.2, 0.25) is 0 Å². The minimum absolute atomic E-state index is 0.159. The summed E-state index contributed by atoms with van der Waals surface area (Å²) >= 11 is 1.49. The summed E-state index contributed by atoms with van der Waals surface area (Å²) in [6.07, 6.45) is 3.03. The van der Waals surface area contributed by atoms with Gasteiger partial charge in [0, 0.05) is 24.4 Å². The maximum atomic E-state index is 10.2. The van der Waals surface area contributed by atoms with Crippen molar-refractivity contribution in [2.45, 2.75) is 25.4 Å². The van der Waals surface area contributed by atoms with E-state index in [-0.39, 0.29) is 6.42 Å². The molecular weight excluding hydrogens is 174 g/mol. The lowest BCUT2D eigenvalue weighted by Gasteiger charge is -2.18. The van der Waals surface area contributed by atoms with Crippen molar-refractivity contribution in [3.8, 4) is 0 Å². The Balaban J connectivity index is 2.55. The van der Waals surface area contributed by atoms with Gasteiger partial charge >= 0.3 is 0 Å². The fraction of sp³-hybridized carbons (Fsp3) is 0.500. The summed E-state index contributed by atoms with van der Waals surface area (Å²) in [4.78, 5) is 14.2. The standard InChI is InChI=1S/C8H11NO2S/c1-8(11,2-4-10)6-7-9-3-5-12-7/h3-5,11H,2,6H2,1H3. The summed E-state index contributed by atoms with van der Waals surface area (Å²) in [5.41, 5.74) is -0.945. The van der Waals surface area contributed by atoms with E-state index in [4.69, 9.17) is 0 Å². The fourth-order valence-electron chi connectivity index (χ4n) is 0.918. The van der Waals surface area contributed by atoms with Crippen LogP contribution in [0, 0.1) is 0 Å². The number of nitrogens with zero attached hydrogens (tertiary/aromatic N) is 1. The Labute approximate surface area is 75.1 Å². The van der Waals surface area contributed by atoms with E-state index < -0.39 is 5.60 Å². The zero-order chi connectivity index (χ0) is 9.03. The highest BCUT2D eigenvalue weighted by atomic mass is 32.1. The molecule has 0 aromatic carbocycles. The maximum absolute atomic E-state index is 10.2. The predicted molar refractivity (Wildman–Crippen MR) is 47.1 cm³/mol. The lowest BCUT2D eigenvalue weighted by Crippen LogP contribution is -2.27. The van der Waals surface area contributed by atoms with Gasteiger partial charge in [0.25, 0.3) is 0 Å². The number of hydrogen-bond acceptors (Lipinski definition) is 4. The second-order valence-electron chi connectivity index (χ2n) is 2.97. The van der Waals surface area contributed by atoms with Gasteiger partial charge in [-0.1, -0.05) is 0 Å². The summed E-state index contributed by atoms with van der Waals surface area (Å²) < 4.78 is 0. The maximum Gasteiger partial charge on any atom is 0.122 e. The van der Waals surface area contributed by atoms with Crippen LogP contribution >= 0.6 is 11.3 Å². The third-order valence-electron chi connectivity index (χ3n) is 1.54. The number of aromatic nitrogens is 1. The van der Waals surface area contributed by atoms with E-state index in [0.29, 0.717) is 6.42 Å². The Kier molecular flexibility index (Phi) is 2.94. The summed E-state index contributed by atoms with van der Waals surface area (Å²) in [6, 6.07) is 0. The average molecular weight is 185 g/mol.